The van der Waals surface area contributed by atoms with E-state index in [9.17, 15) is 12.8 Å². The molecule has 0 amide bonds. The summed E-state index contributed by atoms with van der Waals surface area (Å²) < 4.78 is 37.8. The first-order valence-corrected chi connectivity index (χ1v) is 6.27. The van der Waals surface area contributed by atoms with Gasteiger partial charge in [-0.25, -0.2) is 4.39 Å². The zero-order valence-electron chi connectivity index (χ0n) is 10.3. The van der Waals surface area contributed by atoms with Crippen molar-refractivity contribution in [2.24, 2.45) is 0 Å². The van der Waals surface area contributed by atoms with Crippen LogP contribution >= 0.6 is 0 Å². The molecular weight excluding hydrogens is 272 g/mol. The molecule has 1 aromatic carbocycles. The Labute approximate surface area is 112 Å². The second-order valence-electron chi connectivity index (χ2n) is 3.07. The molecule has 104 valence electrons. The van der Waals surface area contributed by atoms with Gasteiger partial charge in [-0.15, -0.1) is 12.8 Å². The number of hydrogen-bond acceptors (Lipinski definition) is 3. The van der Waals surface area contributed by atoms with E-state index in [0.29, 0.717) is 0 Å². The van der Waals surface area contributed by atoms with Crippen molar-refractivity contribution in [2.75, 3.05) is 13.3 Å². The topological polar surface area (TPSA) is 43.4 Å². The van der Waals surface area contributed by atoms with Crippen LogP contribution in [-0.4, -0.2) is 21.7 Å². The lowest BCUT2D eigenvalue weighted by Crippen LogP contribution is -3.00. The maximum Gasteiger partial charge on any atom is 0.297 e. The standard InChI is InChI=1S/C10H10O3S.C3H3F.FH/c1-3-8-13-14(11,12)10-6-4-9(2)5-7-10;1-2-3-4;/h1,4-7H,8H2,2H3;1H,3H2;1H/p-1/i;4-1;1-1. The van der Waals surface area contributed by atoms with Gasteiger partial charge in [0, 0.05) is 0 Å². The molecule has 0 aliphatic heterocycles. The van der Waals surface area contributed by atoms with Gasteiger partial charge in [0.15, 0.2) is 0 Å². The number of terminal acetylenes is 2. The average Bonchev–Trinajstić information content (AvgIpc) is 2.37. The zero-order chi connectivity index (χ0) is 14.0. The quantitative estimate of drug-likeness (QED) is 0.524. The molecule has 3 nitrogen and oxygen atoms in total. The fourth-order valence-electron chi connectivity index (χ4n) is 0.885. The third-order valence-electron chi connectivity index (χ3n) is 1.68. The minimum Gasteiger partial charge on any atom is -1.00 e. The molecule has 0 aromatic heterocycles. The molecule has 0 radical (unpaired) electrons. The van der Waals surface area contributed by atoms with Crippen LogP contribution in [0.3, 0.4) is 0 Å². The number of halogens is 2. The summed E-state index contributed by atoms with van der Waals surface area (Å²) in [7, 11) is -3.68. The Bertz CT molecular complexity index is 537. The summed E-state index contributed by atoms with van der Waals surface area (Å²) in [4.78, 5) is 0.123. The molecule has 1 rings (SSSR count). The highest BCUT2D eigenvalue weighted by molar-refractivity contribution is 7.86. The van der Waals surface area contributed by atoms with Gasteiger partial charge in [-0.1, -0.05) is 29.5 Å². The third-order valence-corrected chi connectivity index (χ3v) is 2.96. The predicted octanol–water partition coefficient (Wildman–Crippen LogP) is -1.07. The number of hydrogen-bond donors (Lipinski definition) is 0. The van der Waals surface area contributed by atoms with Crippen LogP contribution in [0.15, 0.2) is 29.2 Å². The lowest BCUT2D eigenvalue weighted by molar-refractivity contribution is -0.00000785. The summed E-state index contributed by atoms with van der Waals surface area (Å²) in [5.74, 6) is 3.87. The average molecular weight is 285 g/mol. The van der Waals surface area contributed by atoms with E-state index in [1.54, 1.807) is 18.1 Å². The van der Waals surface area contributed by atoms with E-state index in [4.69, 9.17) is 6.42 Å². The van der Waals surface area contributed by atoms with E-state index >= 15 is 0 Å². The molecule has 0 aliphatic carbocycles. The summed E-state index contributed by atoms with van der Waals surface area (Å²) in [6.45, 7) is 0.981. The Morgan fingerprint density at radius 1 is 1.21 bits per heavy atom. The van der Waals surface area contributed by atoms with Crippen molar-refractivity contribution < 1.29 is 21.7 Å². The summed E-state index contributed by atoms with van der Waals surface area (Å²) in [6, 6.07) is 6.38. The molecule has 0 unspecified atom stereocenters. The SMILES string of the molecule is C#CCOS(=O)(=O)c1ccc(C)cc1.C#CC[18F].[18F-]. The molecule has 0 atom stereocenters. The van der Waals surface area contributed by atoms with E-state index in [-0.39, 0.29) is 16.2 Å². The van der Waals surface area contributed by atoms with Crippen molar-refractivity contribution in [3.8, 4) is 24.7 Å². The van der Waals surface area contributed by atoms with Gasteiger partial charge in [-0.3, -0.25) is 4.18 Å². The first-order chi connectivity index (χ1) is 8.47. The summed E-state index contributed by atoms with van der Waals surface area (Å²) in [6.07, 6.45) is 9.30. The van der Waals surface area contributed by atoms with Crippen molar-refractivity contribution in [1.82, 2.24) is 0 Å². The largest absolute Gasteiger partial charge is 1.00 e. The Kier molecular flexibility index (Phi) is 10.3. The van der Waals surface area contributed by atoms with Crippen LogP contribution in [0.2, 0.25) is 0 Å². The zero-order valence-corrected chi connectivity index (χ0v) is 11.1. The van der Waals surface area contributed by atoms with Crippen molar-refractivity contribution in [3.63, 3.8) is 0 Å². The molecule has 6 heteroatoms. The van der Waals surface area contributed by atoms with Crippen LogP contribution in [0, 0.1) is 31.6 Å². The third kappa shape index (κ3) is 7.93. The van der Waals surface area contributed by atoms with Crippen LogP contribution in [0.5, 0.6) is 0 Å². The highest BCUT2D eigenvalue weighted by atomic mass is 32.2. The first-order valence-electron chi connectivity index (χ1n) is 4.87. The monoisotopic (exact) mass is 285 g/mol. The van der Waals surface area contributed by atoms with Crippen molar-refractivity contribution in [1.29, 1.82) is 0 Å². The van der Waals surface area contributed by atoms with Gasteiger partial charge >= 0.3 is 0 Å². The summed E-state index contributed by atoms with van der Waals surface area (Å²) in [5.41, 5.74) is 0.987. The van der Waals surface area contributed by atoms with Gasteiger partial charge < -0.3 is 4.70 Å². The van der Waals surface area contributed by atoms with E-state index in [1.807, 2.05) is 6.92 Å². The van der Waals surface area contributed by atoms with Gasteiger partial charge in [-0.05, 0) is 19.1 Å². The van der Waals surface area contributed by atoms with Crippen LogP contribution in [0.4, 0.5) is 4.39 Å². The number of aryl methyl sites for hydroxylation is 1. The Morgan fingerprint density at radius 3 is 2.05 bits per heavy atom. The second-order valence-corrected chi connectivity index (χ2v) is 4.69. The lowest BCUT2D eigenvalue weighted by Gasteiger charge is -2.02. The predicted molar refractivity (Wildman–Crippen MR) is 68.0 cm³/mol. The van der Waals surface area contributed by atoms with Crippen LogP contribution in [0.1, 0.15) is 5.56 Å². The molecule has 0 saturated heterocycles. The van der Waals surface area contributed by atoms with Gasteiger partial charge in [-0.2, -0.15) is 8.42 Å². The fourth-order valence-corrected chi connectivity index (χ4v) is 1.71. The Balaban J connectivity index is 0. The van der Waals surface area contributed by atoms with E-state index < -0.39 is 16.8 Å². The molecular formula is C13H13F2O3S-. The van der Waals surface area contributed by atoms with Crippen LogP contribution in [0.25, 0.3) is 0 Å². The maximum atomic E-state index is 11.4. The number of rotatable bonds is 3. The normalized spacial score (nSPS) is 9.05. The first kappa shape index (κ1) is 19.4. The number of benzene rings is 1. The highest BCUT2D eigenvalue weighted by Gasteiger charge is 2.13. The smallest absolute Gasteiger partial charge is 0.297 e. The molecule has 0 N–H and O–H groups in total. The van der Waals surface area contributed by atoms with Crippen LogP contribution in [-0.2, 0) is 14.3 Å². The minimum absolute atomic E-state index is 0. The van der Waals surface area contributed by atoms with E-state index in [2.05, 4.69) is 16.5 Å². The highest BCUT2D eigenvalue weighted by Crippen LogP contribution is 2.12. The summed E-state index contributed by atoms with van der Waals surface area (Å²) >= 11 is 0. The Morgan fingerprint density at radius 2 is 1.68 bits per heavy atom. The molecule has 0 aliphatic rings. The maximum absolute atomic E-state index is 11.4. The van der Waals surface area contributed by atoms with Gasteiger partial charge in [0.05, 0.1) is 4.90 Å². The molecule has 0 heterocycles. The number of alkyl halides is 1. The lowest BCUT2D eigenvalue weighted by atomic mass is 10.2. The van der Waals surface area contributed by atoms with Gasteiger partial charge in [0.25, 0.3) is 10.1 Å². The van der Waals surface area contributed by atoms with E-state index in [0.717, 1.165) is 5.56 Å². The fraction of sp³-hybridized carbons (Fsp3) is 0.231. The molecule has 1 aromatic rings. The summed E-state index contributed by atoms with van der Waals surface area (Å²) in [5, 5.41) is 0. The minimum atomic E-state index is -3.68. The molecule has 19 heavy (non-hydrogen) atoms. The van der Waals surface area contributed by atoms with Crippen molar-refractivity contribution >= 4 is 10.1 Å². The van der Waals surface area contributed by atoms with Crippen LogP contribution < -0.4 is 4.70 Å². The van der Waals surface area contributed by atoms with Gasteiger partial charge in [0.1, 0.15) is 13.3 Å². The van der Waals surface area contributed by atoms with Crippen molar-refractivity contribution in [2.45, 2.75) is 11.8 Å². The Hall–Kier alpha value is -1.89. The second kappa shape index (κ2) is 10.1. The molecule has 0 fully saturated rings. The van der Waals surface area contributed by atoms with E-state index in [1.165, 1.54) is 12.1 Å². The molecule has 0 bridgehead atoms. The van der Waals surface area contributed by atoms with Gasteiger partial charge in [0.2, 0.25) is 0 Å². The molecule has 0 saturated carbocycles. The molecule has 0 spiro atoms. The van der Waals surface area contributed by atoms with Crippen molar-refractivity contribution in [3.05, 3.63) is 29.8 Å².